The molecule has 0 unspecified atom stereocenters. The SMILES string of the molecule is Cc1ccc(-c2nnn([C@@H](C)C(=O)NC3CCCC3)n2)cc1. The van der Waals surface area contributed by atoms with Crippen molar-refractivity contribution >= 4 is 5.91 Å². The number of aryl methyl sites for hydroxylation is 1. The van der Waals surface area contributed by atoms with Crippen LogP contribution in [0, 0.1) is 6.92 Å². The lowest BCUT2D eigenvalue weighted by Crippen LogP contribution is -2.38. The largest absolute Gasteiger partial charge is 0.351 e. The summed E-state index contributed by atoms with van der Waals surface area (Å²) in [5, 5.41) is 15.5. The maximum atomic E-state index is 12.3. The van der Waals surface area contributed by atoms with Gasteiger partial charge in [0.2, 0.25) is 11.7 Å². The molecule has 6 heteroatoms. The molecule has 1 aliphatic carbocycles. The number of amides is 1. The Bertz CT molecular complexity index is 643. The van der Waals surface area contributed by atoms with Crippen LogP contribution in [-0.4, -0.2) is 32.2 Å². The Kier molecular flexibility index (Phi) is 4.18. The van der Waals surface area contributed by atoms with Crippen LogP contribution in [0.1, 0.15) is 44.2 Å². The van der Waals surface area contributed by atoms with Gasteiger partial charge in [-0.2, -0.15) is 4.80 Å². The van der Waals surface area contributed by atoms with Gasteiger partial charge in [-0.05, 0) is 31.9 Å². The summed E-state index contributed by atoms with van der Waals surface area (Å²) in [6, 6.07) is 7.78. The monoisotopic (exact) mass is 299 g/mol. The first-order valence-electron chi connectivity index (χ1n) is 7.80. The van der Waals surface area contributed by atoms with Crippen LogP contribution in [0.25, 0.3) is 11.4 Å². The summed E-state index contributed by atoms with van der Waals surface area (Å²) < 4.78 is 0. The predicted octanol–water partition coefficient (Wildman–Crippen LogP) is 2.27. The Labute approximate surface area is 129 Å². The summed E-state index contributed by atoms with van der Waals surface area (Å²) in [7, 11) is 0. The van der Waals surface area contributed by atoms with Gasteiger partial charge in [0.25, 0.3) is 0 Å². The van der Waals surface area contributed by atoms with Crippen molar-refractivity contribution in [2.24, 2.45) is 0 Å². The Morgan fingerprint density at radius 3 is 2.64 bits per heavy atom. The number of hydrogen-bond donors (Lipinski definition) is 1. The van der Waals surface area contributed by atoms with E-state index in [0.717, 1.165) is 18.4 Å². The van der Waals surface area contributed by atoms with Crippen molar-refractivity contribution in [2.45, 2.75) is 51.6 Å². The van der Waals surface area contributed by atoms with E-state index in [2.05, 4.69) is 20.7 Å². The number of carbonyl (C=O) groups excluding carboxylic acids is 1. The highest BCUT2D eigenvalue weighted by molar-refractivity contribution is 5.80. The predicted molar refractivity (Wildman–Crippen MR) is 83.1 cm³/mol. The van der Waals surface area contributed by atoms with Gasteiger partial charge in [0.05, 0.1) is 0 Å². The Hall–Kier alpha value is -2.24. The highest BCUT2D eigenvalue weighted by Crippen LogP contribution is 2.19. The summed E-state index contributed by atoms with van der Waals surface area (Å²) in [6.45, 7) is 3.83. The van der Waals surface area contributed by atoms with Crippen LogP contribution >= 0.6 is 0 Å². The second-order valence-corrected chi connectivity index (χ2v) is 5.97. The normalized spacial score (nSPS) is 16.6. The van der Waals surface area contributed by atoms with Crippen molar-refractivity contribution in [2.75, 3.05) is 0 Å². The highest BCUT2D eigenvalue weighted by atomic mass is 16.2. The summed E-state index contributed by atoms with van der Waals surface area (Å²) in [5.41, 5.74) is 2.08. The van der Waals surface area contributed by atoms with E-state index in [-0.39, 0.29) is 5.91 Å². The summed E-state index contributed by atoms with van der Waals surface area (Å²) in [4.78, 5) is 13.6. The van der Waals surface area contributed by atoms with Crippen LogP contribution in [0.15, 0.2) is 24.3 Å². The number of benzene rings is 1. The minimum absolute atomic E-state index is 0.0419. The lowest BCUT2D eigenvalue weighted by atomic mass is 10.1. The average Bonchev–Trinajstić information content (AvgIpc) is 3.18. The van der Waals surface area contributed by atoms with Crippen LogP contribution in [0.3, 0.4) is 0 Å². The van der Waals surface area contributed by atoms with Crippen molar-refractivity contribution in [3.05, 3.63) is 29.8 Å². The fourth-order valence-corrected chi connectivity index (χ4v) is 2.70. The quantitative estimate of drug-likeness (QED) is 0.940. The van der Waals surface area contributed by atoms with Gasteiger partial charge in [0, 0.05) is 11.6 Å². The zero-order chi connectivity index (χ0) is 15.5. The van der Waals surface area contributed by atoms with Crippen LogP contribution < -0.4 is 5.32 Å². The average molecular weight is 299 g/mol. The van der Waals surface area contributed by atoms with E-state index in [0.29, 0.717) is 11.9 Å². The van der Waals surface area contributed by atoms with E-state index in [1.165, 1.54) is 23.2 Å². The molecular weight excluding hydrogens is 278 g/mol. The molecule has 1 heterocycles. The van der Waals surface area contributed by atoms with E-state index in [9.17, 15) is 4.79 Å². The van der Waals surface area contributed by atoms with Gasteiger partial charge in [-0.1, -0.05) is 42.7 Å². The van der Waals surface area contributed by atoms with Gasteiger partial charge in [-0.15, -0.1) is 10.2 Å². The molecule has 1 N–H and O–H groups in total. The van der Waals surface area contributed by atoms with E-state index in [1.807, 2.05) is 31.2 Å². The molecule has 3 rings (SSSR count). The molecule has 1 saturated carbocycles. The van der Waals surface area contributed by atoms with Crippen LogP contribution in [-0.2, 0) is 4.79 Å². The number of tetrazole rings is 1. The van der Waals surface area contributed by atoms with Gasteiger partial charge < -0.3 is 5.32 Å². The maximum absolute atomic E-state index is 12.3. The number of nitrogens with zero attached hydrogens (tertiary/aromatic N) is 4. The molecule has 2 aromatic rings. The van der Waals surface area contributed by atoms with E-state index in [1.54, 1.807) is 6.92 Å². The third-order valence-electron chi connectivity index (χ3n) is 4.17. The van der Waals surface area contributed by atoms with Crippen LogP contribution in [0.4, 0.5) is 0 Å². The third kappa shape index (κ3) is 3.16. The van der Waals surface area contributed by atoms with E-state index < -0.39 is 6.04 Å². The number of nitrogens with one attached hydrogen (secondary N) is 1. The molecular formula is C16H21N5O. The van der Waals surface area contributed by atoms with E-state index >= 15 is 0 Å². The Balaban J connectivity index is 1.69. The summed E-state index contributed by atoms with van der Waals surface area (Å²) in [5.74, 6) is 0.500. The lowest BCUT2D eigenvalue weighted by Gasteiger charge is -2.15. The first-order valence-corrected chi connectivity index (χ1v) is 7.80. The van der Waals surface area contributed by atoms with Gasteiger partial charge in [-0.3, -0.25) is 4.79 Å². The zero-order valence-electron chi connectivity index (χ0n) is 13.0. The number of aromatic nitrogens is 4. The molecule has 1 amide bonds. The third-order valence-corrected chi connectivity index (χ3v) is 4.17. The number of rotatable bonds is 4. The minimum Gasteiger partial charge on any atom is -0.351 e. The van der Waals surface area contributed by atoms with Crippen molar-refractivity contribution in [1.29, 1.82) is 0 Å². The Morgan fingerprint density at radius 1 is 1.27 bits per heavy atom. The zero-order valence-corrected chi connectivity index (χ0v) is 13.0. The molecule has 6 nitrogen and oxygen atoms in total. The smallest absolute Gasteiger partial charge is 0.246 e. The number of hydrogen-bond acceptors (Lipinski definition) is 4. The fourth-order valence-electron chi connectivity index (χ4n) is 2.70. The van der Waals surface area contributed by atoms with Crippen molar-refractivity contribution < 1.29 is 4.79 Å². The van der Waals surface area contributed by atoms with Gasteiger partial charge in [0.1, 0.15) is 6.04 Å². The van der Waals surface area contributed by atoms with Crippen molar-refractivity contribution in [3.63, 3.8) is 0 Å². The van der Waals surface area contributed by atoms with Crippen molar-refractivity contribution in [3.8, 4) is 11.4 Å². The highest BCUT2D eigenvalue weighted by Gasteiger charge is 2.23. The summed E-state index contributed by atoms with van der Waals surface area (Å²) >= 11 is 0. The van der Waals surface area contributed by atoms with Crippen LogP contribution in [0.2, 0.25) is 0 Å². The molecule has 0 radical (unpaired) electrons. The first kappa shape index (κ1) is 14.7. The molecule has 1 fully saturated rings. The number of carbonyl (C=O) groups is 1. The Morgan fingerprint density at radius 2 is 1.95 bits per heavy atom. The summed E-state index contributed by atoms with van der Waals surface area (Å²) in [6.07, 6.45) is 4.52. The van der Waals surface area contributed by atoms with E-state index in [4.69, 9.17) is 0 Å². The molecule has 0 spiro atoms. The standard InChI is InChI=1S/C16H21N5O/c1-11-7-9-13(10-8-11)15-18-20-21(19-15)12(2)16(22)17-14-5-3-4-6-14/h7-10,12,14H,3-6H2,1-2H3,(H,17,22)/t12-/m0/s1. The molecule has 0 bridgehead atoms. The molecule has 1 aromatic heterocycles. The molecule has 0 aliphatic heterocycles. The fraction of sp³-hybridized carbons (Fsp3) is 0.500. The molecule has 1 atom stereocenters. The van der Waals surface area contributed by atoms with Gasteiger partial charge in [-0.25, -0.2) is 0 Å². The lowest BCUT2D eigenvalue weighted by molar-refractivity contribution is -0.125. The molecule has 1 aliphatic rings. The van der Waals surface area contributed by atoms with Crippen molar-refractivity contribution in [1.82, 2.24) is 25.5 Å². The minimum atomic E-state index is -0.452. The van der Waals surface area contributed by atoms with Gasteiger partial charge >= 0.3 is 0 Å². The topological polar surface area (TPSA) is 72.7 Å². The molecule has 22 heavy (non-hydrogen) atoms. The van der Waals surface area contributed by atoms with Crippen LogP contribution in [0.5, 0.6) is 0 Å². The second-order valence-electron chi connectivity index (χ2n) is 5.97. The first-order chi connectivity index (χ1) is 10.6. The van der Waals surface area contributed by atoms with Gasteiger partial charge in [0.15, 0.2) is 0 Å². The molecule has 0 saturated heterocycles. The second kappa shape index (κ2) is 6.25. The maximum Gasteiger partial charge on any atom is 0.246 e. The molecule has 116 valence electrons. The molecule has 1 aromatic carbocycles.